The molecule has 2 saturated heterocycles. The van der Waals surface area contributed by atoms with E-state index in [0.717, 1.165) is 22.8 Å². The van der Waals surface area contributed by atoms with Gasteiger partial charge in [0.15, 0.2) is 0 Å². The number of alkyl halides is 4. The molecule has 48 heavy (non-hydrogen) atoms. The van der Waals surface area contributed by atoms with Gasteiger partial charge in [-0.1, -0.05) is 103 Å². The van der Waals surface area contributed by atoms with E-state index in [4.69, 9.17) is 14.2 Å². The van der Waals surface area contributed by atoms with E-state index in [1.807, 2.05) is 95.9 Å². The maximum Gasteiger partial charge on any atom is 0.418 e. The fourth-order valence-electron chi connectivity index (χ4n) is 6.69. The molecule has 1 unspecified atom stereocenters. The lowest BCUT2D eigenvalue weighted by molar-refractivity contribution is -0.188. The summed E-state index contributed by atoms with van der Waals surface area (Å²) in [5.74, 6) is 0. The van der Waals surface area contributed by atoms with Crippen LogP contribution in [0, 0.1) is 0 Å². The molecule has 0 aliphatic carbocycles. The Hall–Kier alpha value is -3.76. The monoisotopic (exact) mass is 662 g/mol. The third-order valence-electron chi connectivity index (χ3n) is 9.22. The Labute approximate surface area is 280 Å². The van der Waals surface area contributed by atoms with E-state index in [9.17, 15) is 13.2 Å². The second-order valence-corrected chi connectivity index (χ2v) is 12.8. The van der Waals surface area contributed by atoms with Crippen LogP contribution >= 0.6 is 0 Å². The van der Waals surface area contributed by atoms with Gasteiger partial charge >= 0.3 is 6.18 Å². The molecule has 0 N–H and O–H groups in total. The first-order valence-electron chi connectivity index (χ1n) is 16.5. The first kappa shape index (κ1) is 34.1. The largest absolute Gasteiger partial charge is 0.418 e. The summed E-state index contributed by atoms with van der Waals surface area (Å²) in [4.78, 5) is 3.70. The third-order valence-corrected chi connectivity index (χ3v) is 9.22. The van der Waals surface area contributed by atoms with Gasteiger partial charge in [-0.25, -0.2) is 4.39 Å². The maximum atomic E-state index is 16.6. The van der Waals surface area contributed by atoms with E-state index < -0.39 is 35.7 Å². The molecule has 4 aromatic carbocycles. The molecule has 5 nitrogen and oxygen atoms in total. The summed E-state index contributed by atoms with van der Waals surface area (Å²) in [5, 5.41) is 0. The SMILES string of the molecule is FC1(CN2C[C@H](OCc3ccccc3)C(OCc3ccccc3)[C@H](OCc3ccccc3)C2)CCN(c2ccccc2C(F)(F)F)CC1. The normalized spacial score (nSPS) is 21.7. The molecule has 254 valence electrons. The topological polar surface area (TPSA) is 34.2 Å². The van der Waals surface area contributed by atoms with Crippen molar-refractivity contribution in [1.29, 1.82) is 0 Å². The van der Waals surface area contributed by atoms with Gasteiger partial charge in [0.2, 0.25) is 0 Å². The number of piperidine rings is 2. The summed E-state index contributed by atoms with van der Waals surface area (Å²) < 4.78 is 77.4. The van der Waals surface area contributed by atoms with Crippen LogP contribution < -0.4 is 4.90 Å². The van der Waals surface area contributed by atoms with Crippen LogP contribution in [0.15, 0.2) is 115 Å². The fourth-order valence-corrected chi connectivity index (χ4v) is 6.69. The number of hydrogen-bond donors (Lipinski definition) is 0. The first-order valence-corrected chi connectivity index (χ1v) is 16.5. The average molecular weight is 663 g/mol. The Kier molecular flexibility index (Phi) is 11.1. The highest BCUT2D eigenvalue weighted by atomic mass is 19.4. The Morgan fingerprint density at radius 2 is 1.04 bits per heavy atom. The van der Waals surface area contributed by atoms with Crippen LogP contribution in [0.4, 0.5) is 23.2 Å². The van der Waals surface area contributed by atoms with Crippen LogP contribution in [-0.4, -0.2) is 61.6 Å². The van der Waals surface area contributed by atoms with Crippen LogP contribution in [0.1, 0.15) is 35.1 Å². The molecule has 2 fully saturated rings. The van der Waals surface area contributed by atoms with Gasteiger partial charge in [0.05, 0.1) is 37.6 Å². The van der Waals surface area contributed by atoms with Crippen LogP contribution in [0.25, 0.3) is 0 Å². The summed E-state index contributed by atoms with van der Waals surface area (Å²) in [7, 11) is 0. The molecular formula is C39H42F4N2O3. The van der Waals surface area contributed by atoms with E-state index >= 15 is 4.39 Å². The van der Waals surface area contributed by atoms with Crippen molar-refractivity contribution in [2.45, 2.75) is 62.8 Å². The summed E-state index contributed by atoms with van der Waals surface area (Å²) in [5.41, 5.74) is 0.913. The minimum atomic E-state index is -4.47. The number of benzene rings is 4. The fraction of sp³-hybridized carbons (Fsp3) is 0.385. The molecule has 0 bridgehead atoms. The second-order valence-electron chi connectivity index (χ2n) is 12.8. The molecule has 2 heterocycles. The van der Waals surface area contributed by atoms with Crippen molar-refractivity contribution in [3.63, 3.8) is 0 Å². The van der Waals surface area contributed by atoms with Crippen molar-refractivity contribution in [1.82, 2.24) is 4.90 Å². The number of para-hydroxylation sites is 1. The summed E-state index contributed by atoms with van der Waals surface area (Å²) in [6.07, 6.45) is -5.47. The van der Waals surface area contributed by atoms with Crippen LogP contribution in [-0.2, 0) is 40.2 Å². The lowest BCUT2D eigenvalue weighted by Crippen LogP contribution is -2.60. The highest BCUT2D eigenvalue weighted by molar-refractivity contribution is 5.55. The zero-order chi connectivity index (χ0) is 33.4. The van der Waals surface area contributed by atoms with Gasteiger partial charge < -0.3 is 19.1 Å². The molecule has 4 aromatic rings. The van der Waals surface area contributed by atoms with E-state index in [1.54, 1.807) is 11.0 Å². The maximum absolute atomic E-state index is 16.6. The number of anilines is 1. The Bertz CT molecular complexity index is 1500. The van der Waals surface area contributed by atoms with Crippen LogP contribution in [0.3, 0.4) is 0 Å². The number of nitrogens with zero attached hydrogens (tertiary/aromatic N) is 2. The smallest absolute Gasteiger partial charge is 0.371 e. The molecule has 0 spiro atoms. The van der Waals surface area contributed by atoms with Crippen molar-refractivity contribution in [2.75, 3.05) is 37.6 Å². The average Bonchev–Trinajstić information content (AvgIpc) is 3.10. The van der Waals surface area contributed by atoms with Gasteiger partial charge in [0.1, 0.15) is 11.8 Å². The van der Waals surface area contributed by atoms with Crippen LogP contribution in [0.2, 0.25) is 0 Å². The standard InChI is InChI=1S/C39H42F4N2O3/c40-38(20-22-45(23-21-38)34-19-11-10-18-33(34)39(41,42)43)29-44-24-35(46-26-30-12-4-1-5-13-30)37(48-28-32-16-8-3-9-17-32)36(25-44)47-27-31-14-6-2-7-15-31/h1-19,35-37H,20-29H2/t35-,36+,37?. The molecule has 6 rings (SSSR count). The Balaban J connectivity index is 1.19. The van der Waals surface area contributed by atoms with E-state index in [0.29, 0.717) is 32.9 Å². The van der Waals surface area contributed by atoms with Gasteiger partial charge in [0, 0.05) is 51.3 Å². The molecule has 0 radical (unpaired) electrons. The predicted octanol–water partition coefficient (Wildman–Crippen LogP) is 8.09. The zero-order valence-corrected chi connectivity index (χ0v) is 26.9. The number of ether oxygens (including phenoxy) is 3. The van der Waals surface area contributed by atoms with Crippen molar-refractivity contribution < 1.29 is 31.8 Å². The quantitative estimate of drug-likeness (QED) is 0.143. The number of hydrogen-bond acceptors (Lipinski definition) is 5. The minimum Gasteiger partial charge on any atom is -0.371 e. The molecule has 0 saturated carbocycles. The van der Waals surface area contributed by atoms with E-state index in [1.165, 1.54) is 12.1 Å². The molecule has 3 atom stereocenters. The Morgan fingerprint density at radius 1 is 0.604 bits per heavy atom. The van der Waals surface area contributed by atoms with Crippen molar-refractivity contribution in [2.24, 2.45) is 0 Å². The third kappa shape index (κ3) is 9.02. The second kappa shape index (κ2) is 15.6. The van der Waals surface area contributed by atoms with Gasteiger partial charge in [-0.3, -0.25) is 4.90 Å². The number of rotatable bonds is 12. The van der Waals surface area contributed by atoms with E-state index in [2.05, 4.69) is 0 Å². The van der Waals surface area contributed by atoms with Gasteiger partial charge in [-0.15, -0.1) is 0 Å². The van der Waals surface area contributed by atoms with Crippen molar-refractivity contribution in [3.05, 3.63) is 138 Å². The minimum absolute atomic E-state index is 0.104. The molecule has 2 aliphatic rings. The lowest BCUT2D eigenvalue weighted by atomic mass is 9.90. The van der Waals surface area contributed by atoms with Crippen molar-refractivity contribution >= 4 is 5.69 Å². The Morgan fingerprint density at radius 3 is 1.52 bits per heavy atom. The molecule has 9 heteroatoms. The van der Waals surface area contributed by atoms with Crippen molar-refractivity contribution in [3.8, 4) is 0 Å². The highest BCUT2D eigenvalue weighted by Crippen LogP contribution is 2.39. The molecule has 0 aromatic heterocycles. The lowest BCUT2D eigenvalue weighted by Gasteiger charge is -2.46. The molecule has 2 aliphatic heterocycles. The number of halogens is 4. The summed E-state index contributed by atoms with van der Waals surface area (Å²) in [6, 6.07) is 35.3. The zero-order valence-electron chi connectivity index (χ0n) is 26.9. The van der Waals surface area contributed by atoms with Gasteiger partial charge in [-0.05, 0) is 28.8 Å². The summed E-state index contributed by atoms with van der Waals surface area (Å²) >= 11 is 0. The van der Waals surface area contributed by atoms with Gasteiger partial charge in [0.25, 0.3) is 0 Å². The predicted molar refractivity (Wildman–Crippen MR) is 178 cm³/mol. The molecular weight excluding hydrogens is 620 g/mol. The first-order chi connectivity index (χ1) is 23.3. The molecule has 0 amide bonds. The highest BCUT2D eigenvalue weighted by Gasteiger charge is 2.44. The summed E-state index contributed by atoms with van der Waals surface area (Å²) in [6.45, 7) is 2.50. The number of likely N-dealkylation sites (tertiary alicyclic amines) is 1. The van der Waals surface area contributed by atoms with Gasteiger partial charge in [-0.2, -0.15) is 13.2 Å². The van der Waals surface area contributed by atoms with Crippen LogP contribution in [0.5, 0.6) is 0 Å². The van der Waals surface area contributed by atoms with E-state index in [-0.39, 0.29) is 38.2 Å².